The molecule has 1 saturated heterocycles. The molecule has 7 nitrogen and oxygen atoms in total. The van der Waals surface area contributed by atoms with Gasteiger partial charge in [0.2, 0.25) is 0 Å². The molecule has 0 saturated carbocycles. The molecule has 0 aromatic carbocycles. The van der Waals surface area contributed by atoms with E-state index in [2.05, 4.69) is 31.8 Å². The number of aliphatic hydroxyl groups excluding tert-OH is 1. The maximum atomic E-state index is 10.6. The van der Waals surface area contributed by atoms with Crippen LogP contribution in [0.5, 0.6) is 6.01 Å². The van der Waals surface area contributed by atoms with Crippen molar-refractivity contribution in [2.24, 2.45) is 0 Å². The molecule has 1 aliphatic heterocycles. The fourth-order valence-corrected chi connectivity index (χ4v) is 3.43. The maximum Gasteiger partial charge on any atom is 0.316 e. The number of pyridine rings is 1. The molecule has 2 atom stereocenters. The number of aliphatic hydroxyl groups is 1. The minimum absolute atomic E-state index is 0.182. The van der Waals surface area contributed by atoms with Gasteiger partial charge in [0.15, 0.2) is 0 Å². The Bertz CT molecular complexity index is 667. The number of hydrogen-bond donors (Lipinski definition) is 1. The van der Waals surface area contributed by atoms with Crippen LogP contribution in [0.15, 0.2) is 36.8 Å². The van der Waals surface area contributed by atoms with Crippen LogP contribution in [0.25, 0.3) is 0 Å². The van der Waals surface area contributed by atoms with Gasteiger partial charge in [-0.25, -0.2) is 9.97 Å². The lowest BCUT2D eigenvalue weighted by atomic mass is 9.99. The van der Waals surface area contributed by atoms with E-state index in [0.717, 1.165) is 43.7 Å². The summed E-state index contributed by atoms with van der Waals surface area (Å²) in [6, 6.07) is 6.55. The van der Waals surface area contributed by atoms with Crippen molar-refractivity contribution in [3.8, 4) is 6.01 Å². The van der Waals surface area contributed by atoms with Gasteiger partial charge >= 0.3 is 6.01 Å². The summed E-state index contributed by atoms with van der Waals surface area (Å²) in [7, 11) is 3.64. The highest BCUT2D eigenvalue weighted by Gasteiger charge is 2.30. The van der Waals surface area contributed by atoms with E-state index in [0.29, 0.717) is 12.6 Å². The number of hydrogen-bond acceptors (Lipinski definition) is 7. The van der Waals surface area contributed by atoms with E-state index in [4.69, 9.17) is 4.74 Å². The molecule has 3 heterocycles. The van der Waals surface area contributed by atoms with E-state index in [1.54, 1.807) is 19.5 Å². The molecule has 7 heteroatoms. The molecule has 2 aromatic heterocycles. The van der Waals surface area contributed by atoms with Crippen molar-refractivity contribution in [2.75, 3.05) is 33.8 Å². The number of likely N-dealkylation sites (tertiary alicyclic amines) is 1. The van der Waals surface area contributed by atoms with Gasteiger partial charge in [-0.3, -0.25) is 9.88 Å². The first-order chi connectivity index (χ1) is 12.7. The van der Waals surface area contributed by atoms with Crippen LogP contribution in [0.1, 0.15) is 17.7 Å². The van der Waals surface area contributed by atoms with E-state index >= 15 is 0 Å². The Labute approximate surface area is 154 Å². The SMILES string of the molecule is COc1ncc(CN2CC[C@@H](N(C)CCc3ccccn3)[C@H](O)C2)cn1. The minimum Gasteiger partial charge on any atom is -0.467 e. The summed E-state index contributed by atoms with van der Waals surface area (Å²) in [6.07, 6.45) is 6.86. The van der Waals surface area contributed by atoms with Gasteiger partial charge in [-0.05, 0) is 25.6 Å². The van der Waals surface area contributed by atoms with Crippen molar-refractivity contribution in [1.29, 1.82) is 0 Å². The van der Waals surface area contributed by atoms with E-state index in [1.165, 1.54) is 0 Å². The molecule has 1 N–H and O–H groups in total. The van der Waals surface area contributed by atoms with Crippen molar-refractivity contribution in [2.45, 2.75) is 31.5 Å². The molecule has 0 unspecified atom stereocenters. The third-order valence-corrected chi connectivity index (χ3v) is 4.91. The molecule has 1 aliphatic rings. The molecule has 2 aromatic rings. The normalized spacial score (nSPS) is 21.1. The van der Waals surface area contributed by atoms with Gasteiger partial charge in [-0.15, -0.1) is 0 Å². The van der Waals surface area contributed by atoms with Crippen LogP contribution in [-0.4, -0.2) is 75.8 Å². The Morgan fingerprint density at radius 2 is 2.08 bits per heavy atom. The third kappa shape index (κ3) is 4.97. The van der Waals surface area contributed by atoms with Crippen LogP contribution in [-0.2, 0) is 13.0 Å². The lowest BCUT2D eigenvalue weighted by molar-refractivity contribution is -0.00626. The molecular weight excluding hydrogens is 330 g/mol. The third-order valence-electron chi connectivity index (χ3n) is 4.91. The van der Waals surface area contributed by atoms with Gasteiger partial charge in [0.1, 0.15) is 0 Å². The summed E-state index contributed by atoms with van der Waals surface area (Å²) < 4.78 is 4.99. The second-order valence-corrected chi connectivity index (χ2v) is 6.79. The predicted molar refractivity (Wildman–Crippen MR) is 98.8 cm³/mol. The summed E-state index contributed by atoms with van der Waals surface area (Å²) >= 11 is 0. The Morgan fingerprint density at radius 1 is 1.27 bits per heavy atom. The van der Waals surface area contributed by atoms with Crippen LogP contribution < -0.4 is 4.74 Å². The van der Waals surface area contributed by atoms with Crippen LogP contribution in [0, 0.1) is 0 Å². The predicted octanol–water partition coefficient (Wildman–Crippen LogP) is 0.990. The van der Waals surface area contributed by atoms with Crippen LogP contribution in [0.3, 0.4) is 0 Å². The molecule has 140 valence electrons. The van der Waals surface area contributed by atoms with Gasteiger partial charge in [0, 0.05) is 68.5 Å². The van der Waals surface area contributed by atoms with E-state index in [1.807, 2.05) is 24.4 Å². The van der Waals surface area contributed by atoms with Gasteiger partial charge < -0.3 is 14.7 Å². The maximum absolute atomic E-state index is 10.6. The standard InChI is InChI=1S/C19H27N5O2/c1-23(9-6-16-5-3-4-8-20-16)17-7-10-24(14-18(17)25)13-15-11-21-19(26-2)22-12-15/h3-5,8,11-12,17-18,25H,6-7,9-10,13-14H2,1-2H3/t17-,18-/m1/s1. The molecule has 3 rings (SSSR count). The number of likely N-dealkylation sites (N-methyl/N-ethyl adjacent to an activating group) is 1. The monoisotopic (exact) mass is 357 g/mol. The number of piperidine rings is 1. The molecule has 0 spiro atoms. The van der Waals surface area contributed by atoms with Crippen molar-refractivity contribution in [3.05, 3.63) is 48.0 Å². The lowest BCUT2D eigenvalue weighted by Crippen LogP contribution is -2.53. The lowest BCUT2D eigenvalue weighted by Gasteiger charge is -2.40. The van der Waals surface area contributed by atoms with E-state index in [-0.39, 0.29) is 12.1 Å². The molecule has 0 aliphatic carbocycles. The molecular formula is C19H27N5O2. The zero-order valence-corrected chi connectivity index (χ0v) is 15.5. The first-order valence-corrected chi connectivity index (χ1v) is 9.01. The average Bonchev–Trinajstić information content (AvgIpc) is 2.68. The molecule has 26 heavy (non-hydrogen) atoms. The van der Waals surface area contributed by atoms with Crippen molar-refractivity contribution >= 4 is 0 Å². The zero-order chi connectivity index (χ0) is 18.4. The number of aromatic nitrogens is 3. The first-order valence-electron chi connectivity index (χ1n) is 9.01. The number of methoxy groups -OCH3 is 1. The zero-order valence-electron chi connectivity index (χ0n) is 15.5. The smallest absolute Gasteiger partial charge is 0.316 e. The van der Waals surface area contributed by atoms with Crippen LogP contribution in [0.2, 0.25) is 0 Å². The number of β-amino-alcohol motifs (C(OH)–C–C–N with tert-alkyl or cyclic N) is 1. The van der Waals surface area contributed by atoms with Gasteiger partial charge in [0.05, 0.1) is 13.2 Å². The molecule has 0 bridgehead atoms. The minimum atomic E-state index is -0.364. The van der Waals surface area contributed by atoms with Gasteiger partial charge in [-0.2, -0.15) is 0 Å². The van der Waals surface area contributed by atoms with Crippen molar-refractivity contribution in [1.82, 2.24) is 24.8 Å². The summed E-state index contributed by atoms with van der Waals surface area (Å²) in [4.78, 5) is 17.2. The largest absolute Gasteiger partial charge is 0.467 e. The second kappa shape index (κ2) is 9.02. The second-order valence-electron chi connectivity index (χ2n) is 6.79. The topological polar surface area (TPSA) is 74.6 Å². The van der Waals surface area contributed by atoms with Gasteiger partial charge in [0.25, 0.3) is 0 Å². The van der Waals surface area contributed by atoms with Crippen molar-refractivity contribution in [3.63, 3.8) is 0 Å². The summed E-state index contributed by atoms with van der Waals surface area (Å²) in [5.74, 6) is 0. The van der Waals surface area contributed by atoms with Crippen LogP contribution >= 0.6 is 0 Å². The quantitative estimate of drug-likeness (QED) is 0.792. The number of nitrogens with zero attached hydrogens (tertiary/aromatic N) is 5. The molecule has 0 amide bonds. The first kappa shape index (κ1) is 18.7. The van der Waals surface area contributed by atoms with E-state index in [9.17, 15) is 5.11 Å². The number of ether oxygens (including phenoxy) is 1. The summed E-state index contributed by atoms with van der Waals surface area (Å²) in [5, 5.41) is 10.6. The van der Waals surface area contributed by atoms with Gasteiger partial charge in [-0.1, -0.05) is 6.07 Å². The molecule has 0 radical (unpaired) electrons. The van der Waals surface area contributed by atoms with E-state index < -0.39 is 0 Å². The number of rotatable bonds is 7. The summed E-state index contributed by atoms with van der Waals surface area (Å²) in [5.41, 5.74) is 2.12. The fourth-order valence-electron chi connectivity index (χ4n) is 3.43. The summed E-state index contributed by atoms with van der Waals surface area (Å²) in [6.45, 7) is 3.24. The Morgan fingerprint density at radius 3 is 2.73 bits per heavy atom. The average molecular weight is 357 g/mol. The molecule has 1 fully saturated rings. The highest BCUT2D eigenvalue weighted by Crippen LogP contribution is 2.18. The Hall–Kier alpha value is -2.09. The Kier molecular flexibility index (Phi) is 6.49. The van der Waals surface area contributed by atoms with Crippen molar-refractivity contribution < 1.29 is 9.84 Å². The fraction of sp³-hybridized carbons (Fsp3) is 0.526. The van der Waals surface area contributed by atoms with Crippen LogP contribution in [0.4, 0.5) is 0 Å². The highest BCUT2D eigenvalue weighted by atomic mass is 16.5. The highest BCUT2D eigenvalue weighted by molar-refractivity contribution is 5.08. The Balaban J connectivity index is 1.47.